The fraction of sp³-hybridized carbons (Fsp3) is 0.500. The van der Waals surface area contributed by atoms with Crippen molar-refractivity contribution >= 4 is 11.0 Å². The summed E-state index contributed by atoms with van der Waals surface area (Å²) in [5.41, 5.74) is 8.06. The normalized spacial score (nSPS) is 17.7. The van der Waals surface area contributed by atoms with E-state index < -0.39 is 0 Å². The molecular formula is C16H22N2O. The Morgan fingerprint density at radius 3 is 2.53 bits per heavy atom. The molecule has 1 aliphatic heterocycles. The second kappa shape index (κ2) is 5.76. The van der Waals surface area contributed by atoms with E-state index in [4.69, 9.17) is 10.2 Å². The first-order valence-electron chi connectivity index (χ1n) is 7.30. The molecule has 3 rings (SSSR count). The lowest BCUT2D eigenvalue weighted by Gasteiger charge is -2.18. The lowest BCUT2D eigenvalue weighted by molar-refractivity contribution is 0.255. The number of fused-ring (bicyclic) bond motifs is 1. The van der Waals surface area contributed by atoms with Crippen LogP contribution < -0.4 is 5.73 Å². The Kier molecular flexibility index (Phi) is 3.85. The van der Waals surface area contributed by atoms with Crippen LogP contribution >= 0.6 is 0 Å². The minimum Gasteiger partial charge on any atom is -0.459 e. The number of rotatable bonds is 3. The van der Waals surface area contributed by atoms with Crippen LogP contribution in [-0.2, 0) is 13.1 Å². The molecular weight excluding hydrogens is 236 g/mol. The molecule has 0 atom stereocenters. The van der Waals surface area contributed by atoms with Crippen LogP contribution in [0.5, 0.6) is 0 Å². The van der Waals surface area contributed by atoms with Gasteiger partial charge in [0.1, 0.15) is 11.3 Å². The number of nitrogens with zero attached hydrogens (tertiary/aromatic N) is 1. The minimum absolute atomic E-state index is 0.556. The zero-order chi connectivity index (χ0) is 13.1. The number of furan rings is 1. The molecule has 1 aliphatic rings. The van der Waals surface area contributed by atoms with Crippen molar-refractivity contribution in [1.29, 1.82) is 0 Å². The summed E-state index contributed by atoms with van der Waals surface area (Å²) in [5, 5.41) is 1.18. The Morgan fingerprint density at radius 2 is 1.79 bits per heavy atom. The lowest BCUT2D eigenvalue weighted by Crippen LogP contribution is -2.24. The van der Waals surface area contributed by atoms with E-state index in [9.17, 15) is 0 Å². The summed E-state index contributed by atoms with van der Waals surface area (Å²) in [7, 11) is 0. The van der Waals surface area contributed by atoms with Gasteiger partial charge >= 0.3 is 0 Å². The maximum Gasteiger partial charge on any atom is 0.134 e. The number of likely N-dealkylation sites (tertiary alicyclic amines) is 1. The Labute approximate surface area is 114 Å². The number of hydrogen-bond donors (Lipinski definition) is 1. The van der Waals surface area contributed by atoms with E-state index in [-0.39, 0.29) is 0 Å². The predicted octanol–water partition coefficient (Wildman–Crippen LogP) is 3.27. The van der Waals surface area contributed by atoms with Crippen LogP contribution in [0.15, 0.2) is 28.7 Å². The van der Waals surface area contributed by atoms with Crippen molar-refractivity contribution in [3.8, 4) is 0 Å². The monoisotopic (exact) mass is 258 g/mol. The Hall–Kier alpha value is -1.32. The number of para-hydroxylation sites is 1. The molecule has 3 heteroatoms. The first-order valence-corrected chi connectivity index (χ1v) is 7.30. The summed E-state index contributed by atoms with van der Waals surface area (Å²) < 4.78 is 6.01. The number of hydrogen-bond acceptors (Lipinski definition) is 3. The molecule has 2 heterocycles. The van der Waals surface area contributed by atoms with Gasteiger partial charge in [-0.05, 0) is 32.0 Å². The molecule has 0 bridgehead atoms. The van der Waals surface area contributed by atoms with Gasteiger partial charge in [-0.25, -0.2) is 0 Å². The zero-order valence-corrected chi connectivity index (χ0v) is 11.4. The van der Waals surface area contributed by atoms with E-state index in [0.29, 0.717) is 6.54 Å². The minimum atomic E-state index is 0.556. The predicted molar refractivity (Wildman–Crippen MR) is 77.9 cm³/mol. The average molecular weight is 258 g/mol. The molecule has 102 valence electrons. The van der Waals surface area contributed by atoms with E-state index >= 15 is 0 Å². The van der Waals surface area contributed by atoms with Gasteiger partial charge in [-0.1, -0.05) is 31.0 Å². The second-order valence-electron chi connectivity index (χ2n) is 5.39. The van der Waals surface area contributed by atoms with Gasteiger partial charge in [0.25, 0.3) is 0 Å². The van der Waals surface area contributed by atoms with Gasteiger partial charge < -0.3 is 10.2 Å². The molecule has 1 fully saturated rings. The second-order valence-corrected chi connectivity index (χ2v) is 5.39. The molecule has 0 aliphatic carbocycles. The van der Waals surface area contributed by atoms with Crippen molar-refractivity contribution < 1.29 is 4.42 Å². The maximum atomic E-state index is 6.01. The standard InChI is InChI=1S/C16H22N2O/c17-11-14-13-7-3-4-8-15(13)19-16(14)12-18-9-5-1-2-6-10-18/h3-4,7-8H,1-2,5-6,9-12,17H2. The average Bonchev–Trinajstić information content (AvgIpc) is 2.60. The summed E-state index contributed by atoms with van der Waals surface area (Å²) in [4.78, 5) is 2.50. The highest BCUT2D eigenvalue weighted by Gasteiger charge is 2.16. The summed E-state index contributed by atoms with van der Waals surface area (Å²) in [6.45, 7) is 3.82. The van der Waals surface area contributed by atoms with Gasteiger partial charge in [0, 0.05) is 17.5 Å². The third-order valence-electron chi connectivity index (χ3n) is 4.05. The lowest BCUT2D eigenvalue weighted by atomic mass is 10.1. The van der Waals surface area contributed by atoms with Crippen LogP contribution in [-0.4, -0.2) is 18.0 Å². The van der Waals surface area contributed by atoms with E-state index in [0.717, 1.165) is 17.9 Å². The van der Waals surface area contributed by atoms with Crippen LogP contribution in [0, 0.1) is 0 Å². The highest BCUT2D eigenvalue weighted by Crippen LogP contribution is 2.27. The fourth-order valence-electron chi connectivity index (χ4n) is 3.00. The molecule has 1 saturated heterocycles. The number of benzene rings is 1. The van der Waals surface area contributed by atoms with Crippen LogP contribution in [0.3, 0.4) is 0 Å². The maximum absolute atomic E-state index is 6.01. The van der Waals surface area contributed by atoms with Crippen LogP contribution in [0.1, 0.15) is 37.0 Å². The molecule has 0 radical (unpaired) electrons. The highest BCUT2D eigenvalue weighted by atomic mass is 16.3. The molecule has 0 amide bonds. The molecule has 2 aromatic rings. The Bertz CT molecular complexity index is 539. The third-order valence-corrected chi connectivity index (χ3v) is 4.05. The molecule has 3 nitrogen and oxygen atoms in total. The summed E-state index contributed by atoms with van der Waals surface area (Å²) in [5.74, 6) is 1.06. The van der Waals surface area contributed by atoms with E-state index in [2.05, 4.69) is 11.0 Å². The molecule has 0 saturated carbocycles. The molecule has 2 N–H and O–H groups in total. The molecule has 1 aromatic heterocycles. The van der Waals surface area contributed by atoms with E-state index in [1.54, 1.807) is 0 Å². The zero-order valence-electron chi connectivity index (χ0n) is 11.4. The van der Waals surface area contributed by atoms with Crippen molar-refractivity contribution in [3.63, 3.8) is 0 Å². The van der Waals surface area contributed by atoms with Gasteiger partial charge in [0.15, 0.2) is 0 Å². The van der Waals surface area contributed by atoms with E-state index in [1.165, 1.54) is 49.7 Å². The van der Waals surface area contributed by atoms with Crippen molar-refractivity contribution in [2.24, 2.45) is 5.73 Å². The summed E-state index contributed by atoms with van der Waals surface area (Å²) >= 11 is 0. The fourth-order valence-corrected chi connectivity index (χ4v) is 3.00. The first-order chi connectivity index (χ1) is 9.38. The van der Waals surface area contributed by atoms with Crippen LogP contribution in [0.2, 0.25) is 0 Å². The Balaban J connectivity index is 1.87. The topological polar surface area (TPSA) is 42.4 Å². The smallest absolute Gasteiger partial charge is 0.134 e. The Morgan fingerprint density at radius 1 is 1.05 bits per heavy atom. The van der Waals surface area contributed by atoms with Gasteiger partial charge in [-0.2, -0.15) is 0 Å². The van der Waals surface area contributed by atoms with Gasteiger partial charge in [0.2, 0.25) is 0 Å². The van der Waals surface area contributed by atoms with Crippen molar-refractivity contribution in [2.75, 3.05) is 13.1 Å². The first kappa shape index (κ1) is 12.7. The van der Waals surface area contributed by atoms with E-state index in [1.807, 2.05) is 18.2 Å². The summed E-state index contributed by atoms with van der Waals surface area (Å²) in [6.07, 6.45) is 5.33. The molecule has 19 heavy (non-hydrogen) atoms. The van der Waals surface area contributed by atoms with Crippen LogP contribution in [0.4, 0.5) is 0 Å². The van der Waals surface area contributed by atoms with Gasteiger partial charge in [0.05, 0.1) is 6.54 Å². The molecule has 1 aromatic carbocycles. The van der Waals surface area contributed by atoms with Crippen molar-refractivity contribution in [3.05, 3.63) is 35.6 Å². The molecule has 0 unspecified atom stereocenters. The summed E-state index contributed by atoms with van der Waals surface area (Å²) in [6, 6.07) is 8.20. The van der Waals surface area contributed by atoms with Crippen LogP contribution in [0.25, 0.3) is 11.0 Å². The number of nitrogens with two attached hydrogens (primary N) is 1. The third kappa shape index (κ3) is 2.67. The highest BCUT2D eigenvalue weighted by molar-refractivity contribution is 5.82. The molecule has 0 spiro atoms. The van der Waals surface area contributed by atoms with Crippen molar-refractivity contribution in [2.45, 2.75) is 38.8 Å². The van der Waals surface area contributed by atoms with Gasteiger partial charge in [-0.15, -0.1) is 0 Å². The largest absolute Gasteiger partial charge is 0.459 e. The van der Waals surface area contributed by atoms with Crippen molar-refractivity contribution in [1.82, 2.24) is 4.90 Å². The quantitative estimate of drug-likeness (QED) is 0.918. The van der Waals surface area contributed by atoms with Gasteiger partial charge in [-0.3, -0.25) is 4.90 Å². The SMILES string of the molecule is NCc1c(CN2CCCCCC2)oc2ccccc12.